The molecule has 1 fully saturated rings. The highest BCUT2D eigenvalue weighted by atomic mass is 32.2. The number of hydrogen-bond donors (Lipinski definition) is 2. The molecule has 120 valence electrons. The number of ketones is 1. The Balaban J connectivity index is 1.83. The molecule has 0 heterocycles. The molecule has 22 heavy (non-hydrogen) atoms. The summed E-state index contributed by atoms with van der Waals surface area (Å²) >= 11 is 1.31. The van der Waals surface area contributed by atoms with Gasteiger partial charge in [0.15, 0.2) is 5.17 Å². The summed E-state index contributed by atoms with van der Waals surface area (Å²) in [7, 11) is 0. The summed E-state index contributed by atoms with van der Waals surface area (Å²) in [5.41, 5.74) is 7.61. The lowest BCUT2D eigenvalue weighted by Gasteiger charge is -2.21. The standard InChI is InChI=1S/C18H26N2OS/c19-18(20)22-13-16-9-5-4-8-15(16)12-17(21)11-10-14-6-2-1-3-7-14/h4-5,8-9,14H,1-3,6-7,10-13H2,(H3,19,20). The third-order valence-electron chi connectivity index (χ3n) is 4.45. The normalized spacial score (nSPS) is 15.6. The molecule has 1 aromatic rings. The van der Waals surface area contributed by atoms with E-state index in [0.29, 0.717) is 24.4 Å². The first-order valence-corrected chi connectivity index (χ1v) is 9.19. The molecular formula is C18H26N2OS. The summed E-state index contributed by atoms with van der Waals surface area (Å²) in [5.74, 6) is 1.77. The molecular weight excluding hydrogens is 292 g/mol. The Hall–Kier alpha value is -1.29. The molecule has 0 spiro atoms. The van der Waals surface area contributed by atoms with E-state index in [1.54, 1.807) is 0 Å². The van der Waals surface area contributed by atoms with Crippen LogP contribution in [0.5, 0.6) is 0 Å². The number of thioether (sulfide) groups is 1. The lowest BCUT2D eigenvalue weighted by molar-refractivity contribution is -0.118. The van der Waals surface area contributed by atoms with Crippen LogP contribution in [0.25, 0.3) is 0 Å². The zero-order valence-electron chi connectivity index (χ0n) is 13.1. The fourth-order valence-electron chi connectivity index (χ4n) is 3.17. The van der Waals surface area contributed by atoms with Crippen molar-refractivity contribution in [3.63, 3.8) is 0 Å². The number of rotatable bonds is 7. The van der Waals surface area contributed by atoms with Crippen LogP contribution in [0, 0.1) is 11.3 Å². The molecule has 1 aliphatic carbocycles. The van der Waals surface area contributed by atoms with E-state index in [9.17, 15) is 4.79 Å². The second kappa shape index (κ2) is 8.99. The number of amidine groups is 1. The number of nitrogens with two attached hydrogens (primary N) is 1. The summed E-state index contributed by atoms with van der Waals surface area (Å²) in [5, 5.41) is 7.43. The number of carbonyl (C=O) groups is 1. The van der Waals surface area contributed by atoms with Gasteiger partial charge >= 0.3 is 0 Å². The van der Waals surface area contributed by atoms with Crippen LogP contribution in [0.15, 0.2) is 24.3 Å². The maximum Gasteiger partial charge on any atom is 0.151 e. The second-order valence-electron chi connectivity index (χ2n) is 6.18. The Morgan fingerprint density at radius 1 is 1.18 bits per heavy atom. The molecule has 0 amide bonds. The van der Waals surface area contributed by atoms with Crippen molar-refractivity contribution < 1.29 is 4.79 Å². The van der Waals surface area contributed by atoms with Gasteiger partial charge in [0.05, 0.1) is 0 Å². The summed E-state index contributed by atoms with van der Waals surface area (Å²) < 4.78 is 0. The minimum atomic E-state index is 0.124. The van der Waals surface area contributed by atoms with Gasteiger partial charge in [-0.1, -0.05) is 68.1 Å². The van der Waals surface area contributed by atoms with Crippen LogP contribution in [0.4, 0.5) is 0 Å². The summed E-state index contributed by atoms with van der Waals surface area (Å²) in [6.45, 7) is 0. The predicted molar refractivity (Wildman–Crippen MR) is 94.2 cm³/mol. The summed E-state index contributed by atoms with van der Waals surface area (Å²) in [6, 6.07) is 8.01. The molecule has 0 radical (unpaired) electrons. The first-order valence-electron chi connectivity index (χ1n) is 8.20. The number of nitrogens with one attached hydrogen (secondary N) is 1. The topological polar surface area (TPSA) is 66.9 Å². The third-order valence-corrected chi connectivity index (χ3v) is 5.21. The highest BCUT2D eigenvalue weighted by Gasteiger charge is 2.15. The fourth-order valence-corrected chi connectivity index (χ4v) is 3.76. The van der Waals surface area contributed by atoms with Gasteiger partial charge in [0.2, 0.25) is 0 Å². The predicted octanol–water partition coefficient (Wildman–Crippen LogP) is 4.29. The molecule has 3 N–H and O–H groups in total. The Labute approximate surface area is 137 Å². The van der Waals surface area contributed by atoms with Crippen molar-refractivity contribution in [2.24, 2.45) is 11.7 Å². The van der Waals surface area contributed by atoms with Gasteiger partial charge in [-0.3, -0.25) is 10.2 Å². The monoisotopic (exact) mass is 318 g/mol. The van der Waals surface area contributed by atoms with Gasteiger partial charge in [0.1, 0.15) is 5.78 Å². The van der Waals surface area contributed by atoms with Crippen LogP contribution in [-0.4, -0.2) is 11.0 Å². The highest BCUT2D eigenvalue weighted by molar-refractivity contribution is 8.13. The number of benzene rings is 1. The SMILES string of the molecule is N=C(N)SCc1ccccc1CC(=O)CCC1CCCCC1. The molecule has 0 aromatic heterocycles. The Morgan fingerprint density at radius 2 is 1.86 bits per heavy atom. The van der Waals surface area contributed by atoms with Crippen molar-refractivity contribution in [3.8, 4) is 0 Å². The number of hydrogen-bond acceptors (Lipinski definition) is 3. The van der Waals surface area contributed by atoms with E-state index < -0.39 is 0 Å². The Morgan fingerprint density at radius 3 is 2.55 bits per heavy atom. The van der Waals surface area contributed by atoms with Crippen molar-refractivity contribution in [3.05, 3.63) is 35.4 Å². The first-order chi connectivity index (χ1) is 10.6. The fraction of sp³-hybridized carbons (Fsp3) is 0.556. The minimum Gasteiger partial charge on any atom is -0.379 e. The van der Waals surface area contributed by atoms with Crippen LogP contribution < -0.4 is 5.73 Å². The largest absolute Gasteiger partial charge is 0.379 e. The smallest absolute Gasteiger partial charge is 0.151 e. The molecule has 0 unspecified atom stereocenters. The third kappa shape index (κ3) is 5.84. The van der Waals surface area contributed by atoms with Gasteiger partial charge in [-0.2, -0.15) is 0 Å². The van der Waals surface area contributed by atoms with Gasteiger partial charge in [-0.15, -0.1) is 0 Å². The highest BCUT2D eigenvalue weighted by Crippen LogP contribution is 2.27. The first kappa shape index (κ1) is 17.1. The van der Waals surface area contributed by atoms with E-state index in [0.717, 1.165) is 23.5 Å². The summed E-state index contributed by atoms with van der Waals surface area (Å²) in [4.78, 5) is 12.3. The molecule has 1 aliphatic rings. The van der Waals surface area contributed by atoms with Crippen LogP contribution >= 0.6 is 11.8 Å². The lowest BCUT2D eigenvalue weighted by atomic mass is 9.85. The van der Waals surface area contributed by atoms with Crippen LogP contribution in [-0.2, 0) is 17.0 Å². The van der Waals surface area contributed by atoms with Gasteiger partial charge < -0.3 is 5.73 Å². The maximum absolute atomic E-state index is 12.3. The van der Waals surface area contributed by atoms with Crippen LogP contribution in [0.3, 0.4) is 0 Å². The van der Waals surface area contributed by atoms with E-state index in [1.165, 1.54) is 43.9 Å². The zero-order valence-corrected chi connectivity index (χ0v) is 14.0. The molecule has 0 atom stereocenters. The van der Waals surface area contributed by atoms with E-state index in [1.807, 2.05) is 24.3 Å². The quantitative estimate of drug-likeness (QED) is 0.582. The Kier molecular flexibility index (Phi) is 6.97. The average molecular weight is 318 g/mol. The lowest BCUT2D eigenvalue weighted by Crippen LogP contribution is -2.11. The maximum atomic E-state index is 12.3. The zero-order chi connectivity index (χ0) is 15.8. The van der Waals surface area contributed by atoms with Crippen LogP contribution in [0.1, 0.15) is 56.1 Å². The van der Waals surface area contributed by atoms with Crippen molar-refractivity contribution in [2.45, 2.75) is 57.1 Å². The van der Waals surface area contributed by atoms with Gasteiger partial charge in [0.25, 0.3) is 0 Å². The van der Waals surface area contributed by atoms with E-state index in [4.69, 9.17) is 11.1 Å². The Bertz CT molecular complexity index is 510. The van der Waals surface area contributed by atoms with Crippen molar-refractivity contribution in [2.75, 3.05) is 0 Å². The van der Waals surface area contributed by atoms with E-state index >= 15 is 0 Å². The van der Waals surface area contributed by atoms with Gasteiger partial charge in [-0.05, 0) is 23.5 Å². The molecule has 0 bridgehead atoms. The molecule has 0 saturated heterocycles. The molecule has 4 heteroatoms. The van der Waals surface area contributed by atoms with Gasteiger partial charge in [0, 0.05) is 18.6 Å². The van der Waals surface area contributed by atoms with E-state index in [2.05, 4.69) is 0 Å². The van der Waals surface area contributed by atoms with Crippen molar-refractivity contribution in [1.82, 2.24) is 0 Å². The molecule has 0 aliphatic heterocycles. The minimum absolute atomic E-state index is 0.124. The van der Waals surface area contributed by atoms with Crippen molar-refractivity contribution in [1.29, 1.82) is 5.41 Å². The molecule has 1 saturated carbocycles. The van der Waals surface area contributed by atoms with Crippen molar-refractivity contribution >= 4 is 22.7 Å². The molecule has 2 rings (SSSR count). The second-order valence-corrected chi connectivity index (χ2v) is 7.20. The molecule has 1 aromatic carbocycles. The van der Waals surface area contributed by atoms with Gasteiger partial charge in [-0.25, -0.2) is 0 Å². The average Bonchev–Trinajstić information content (AvgIpc) is 2.53. The molecule has 3 nitrogen and oxygen atoms in total. The number of carbonyl (C=O) groups excluding carboxylic acids is 1. The number of Topliss-reactive ketones (excluding diaryl/α,β-unsaturated/α-hetero) is 1. The van der Waals surface area contributed by atoms with Crippen LogP contribution in [0.2, 0.25) is 0 Å². The summed E-state index contributed by atoms with van der Waals surface area (Å²) in [6.07, 6.45) is 8.93. The van der Waals surface area contributed by atoms with E-state index in [-0.39, 0.29) is 5.17 Å².